The monoisotopic (exact) mass is 229 g/mol. The van der Waals surface area contributed by atoms with Crippen LogP contribution < -0.4 is 10.3 Å². The predicted molar refractivity (Wildman–Crippen MR) is 68.0 cm³/mol. The van der Waals surface area contributed by atoms with Crippen molar-refractivity contribution in [3.63, 3.8) is 0 Å². The van der Waals surface area contributed by atoms with Crippen LogP contribution in [0.15, 0.2) is 42.6 Å². The number of benzene rings is 1. The van der Waals surface area contributed by atoms with E-state index in [9.17, 15) is 4.39 Å². The zero-order chi connectivity index (χ0) is 12.1. The molecule has 4 heteroatoms. The van der Waals surface area contributed by atoms with E-state index in [1.807, 2.05) is 20.0 Å². The fourth-order valence-corrected chi connectivity index (χ4v) is 1.48. The van der Waals surface area contributed by atoms with Gasteiger partial charge in [0, 0.05) is 6.42 Å². The zero-order valence-corrected chi connectivity index (χ0v) is 9.69. The second-order valence-corrected chi connectivity index (χ2v) is 3.86. The fourth-order valence-electron chi connectivity index (χ4n) is 1.48. The SMILES string of the molecule is Bc1ccc(OCCc2ccc(F)cc2)cn1. The molecule has 0 atom stereocenters. The van der Waals surface area contributed by atoms with Gasteiger partial charge in [-0.1, -0.05) is 12.1 Å². The molecule has 1 heterocycles. The topological polar surface area (TPSA) is 22.1 Å². The standard InChI is InChI=1S/C13H13BFNO/c14-13-6-5-12(9-16-13)17-8-7-10-1-3-11(15)4-2-10/h1-6,9H,7-8,14H2. The van der Waals surface area contributed by atoms with Gasteiger partial charge >= 0.3 is 0 Å². The zero-order valence-electron chi connectivity index (χ0n) is 9.69. The average Bonchev–Trinajstić information content (AvgIpc) is 2.34. The molecule has 0 radical (unpaired) electrons. The maximum Gasteiger partial charge on any atom is 0.163 e. The first-order chi connectivity index (χ1) is 8.24. The van der Waals surface area contributed by atoms with Gasteiger partial charge in [0.25, 0.3) is 0 Å². The molecule has 0 amide bonds. The highest BCUT2D eigenvalue weighted by Crippen LogP contribution is 2.07. The molecule has 0 bridgehead atoms. The van der Waals surface area contributed by atoms with Crippen molar-refractivity contribution in [1.82, 2.24) is 4.98 Å². The molecule has 1 aromatic carbocycles. The molecule has 0 aliphatic carbocycles. The average molecular weight is 229 g/mol. The molecule has 17 heavy (non-hydrogen) atoms. The molecule has 0 spiro atoms. The smallest absolute Gasteiger partial charge is 0.163 e. The van der Waals surface area contributed by atoms with Crippen molar-refractivity contribution >= 4 is 13.4 Å². The van der Waals surface area contributed by atoms with Crippen LogP contribution in [0.1, 0.15) is 5.56 Å². The van der Waals surface area contributed by atoms with Crippen LogP contribution in [0.2, 0.25) is 0 Å². The Kier molecular flexibility index (Phi) is 3.75. The Balaban J connectivity index is 1.83. The predicted octanol–water partition coefficient (Wildman–Crippen LogP) is 1.10. The van der Waals surface area contributed by atoms with E-state index in [1.54, 1.807) is 18.3 Å². The summed E-state index contributed by atoms with van der Waals surface area (Å²) in [6.45, 7) is 0.566. The highest BCUT2D eigenvalue weighted by atomic mass is 19.1. The van der Waals surface area contributed by atoms with Crippen molar-refractivity contribution in [2.75, 3.05) is 6.61 Å². The first-order valence-electron chi connectivity index (χ1n) is 5.54. The van der Waals surface area contributed by atoms with Crippen LogP contribution in [0.4, 0.5) is 4.39 Å². The van der Waals surface area contributed by atoms with Crippen molar-refractivity contribution in [2.45, 2.75) is 6.42 Å². The minimum Gasteiger partial charge on any atom is -0.492 e. The molecule has 1 aromatic heterocycles. The van der Waals surface area contributed by atoms with Crippen LogP contribution >= 0.6 is 0 Å². The summed E-state index contributed by atoms with van der Waals surface area (Å²) in [4.78, 5) is 4.14. The second-order valence-electron chi connectivity index (χ2n) is 3.86. The first kappa shape index (κ1) is 11.6. The maximum atomic E-state index is 12.7. The van der Waals surface area contributed by atoms with E-state index in [4.69, 9.17) is 4.74 Å². The highest BCUT2D eigenvalue weighted by molar-refractivity contribution is 6.30. The van der Waals surface area contributed by atoms with Crippen LogP contribution in [-0.4, -0.2) is 19.4 Å². The molecular weight excluding hydrogens is 216 g/mol. The molecule has 86 valence electrons. The summed E-state index contributed by atoms with van der Waals surface area (Å²) in [5.74, 6) is 0.551. The van der Waals surface area contributed by atoms with E-state index in [0.29, 0.717) is 6.61 Å². The summed E-state index contributed by atoms with van der Waals surface area (Å²) in [5, 5.41) is 0. The van der Waals surface area contributed by atoms with Gasteiger partial charge < -0.3 is 4.74 Å². The van der Waals surface area contributed by atoms with Gasteiger partial charge in [0.05, 0.1) is 12.8 Å². The van der Waals surface area contributed by atoms with Gasteiger partial charge in [0.1, 0.15) is 11.6 Å². The lowest BCUT2D eigenvalue weighted by Gasteiger charge is -2.06. The molecule has 0 fully saturated rings. The van der Waals surface area contributed by atoms with Crippen molar-refractivity contribution < 1.29 is 9.13 Å². The Morgan fingerprint density at radius 3 is 2.53 bits per heavy atom. The van der Waals surface area contributed by atoms with Crippen LogP contribution in [0.5, 0.6) is 5.75 Å². The lowest BCUT2D eigenvalue weighted by Crippen LogP contribution is -2.08. The summed E-state index contributed by atoms with van der Waals surface area (Å²) in [6.07, 6.45) is 2.47. The number of hydrogen-bond donors (Lipinski definition) is 0. The first-order valence-corrected chi connectivity index (χ1v) is 5.54. The molecule has 0 unspecified atom stereocenters. The summed E-state index contributed by atoms with van der Waals surface area (Å²) in [6, 6.07) is 10.3. The van der Waals surface area contributed by atoms with Gasteiger partial charge in [0.2, 0.25) is 0 Å². The summed E-state index contributed by atoms with van der Waals surface area (Å²) in [5.41, 5.74) is 2.03. The summed E-state index contributed by atoms with van der Waals surface area (Å²) >= 11 is 0. The van der Waals surface area contributed by atoms with Crippen LogP contribution in [0.3, 0.4) is 0 Å². The lowest BCUT2D eigenvalue weighted by molar-refractivity contribution is 0.321. The van der Waals surface area contributed by atoms with E-state index in [2.05, 4.69) is 4.98 Å². The molecule has 2 rings (SSSR count). The molecule has 0 aliphatic heterocycles. The van der Waals surface area contributed by atoms with E-state index in [1.165, 1.54) is 12.1 Å². The second kappa shape index (κ2) is 5.48. The van der Waals surface area contributed by atoms with Gasteiger partial charge in [-0.05, 0) is 35.4 Å². The minimum absolute atomic E-state index is 0.211. The summed E-state index contributed by atoms with van der Waals surface area (Å²) < 4.78 is 18.2. The van der Waals surface area contributed by atoms with Crippen LogP contribution in [0, 0.1) is 5.82 Å². The Bertz CT molecular complexity index is 424. The van der Waals surface area contributed by atoms with E-state index < -0.39 is 0 Å². The number of nitrogens with zero attached hydrogens (tertiary/aromatic N) is 1. The Hall–Kier alpha value is -1.84. The molecule has 0 saturated carbocycles. The normalized spacial score (nSPS) is 10.2. The number of aromatic nitrogens is 1. The fraction of sp³-hybridized carbons (Fsp3) is 0.154. The van der Waals surface area contributed by atoms with Crippen molar-refractivity contribution in [3.05, 3.63) is 54.0 Å². The number of ether oxygens (including phenoxy) is 1. The highest BCUT2D eigenvalue weighted by Gasteiger charge is 1.96. The van der Waals surface area contributed by atoms with Gasteiger partial charge in [-0.3, -0.25) is 4.98 Å². The van der Waals surface area contributed by atoms with E-state index in [0.717, 1.165) is 23.3 Å². The molecule has 0 saturated heterocycles. The third-order valence-electron chi connectivity index (χ3n) is 2.46. The molecule has 0 aliphatic rings. The van der Waals surface area contributed by atoms with Crippen molar-refractivity contribution in [3.8, 4) is 5.75 Å². The minimum atomic E-state index is -0.211. The third-order valence-corrected chi connectivity index (χ3v) is 2.46. The number of pyridine rings is 1. The van der Waals surface area contributed by atoms with Gasteiger partial charge in [-0.2, -0.15) is 0 Å². The lowest BCUT2D eigenvalue weighted by atomic mass is 10.0. The molecule has 0 N–H and O–H groups in total. The molecule has 2 aromatic rings. The molecule has 2 nitrogen and oxygen atoms in total. The van der Waals surface area contributed by atoms with Gasteiger partial charge in [0.15, 0.2) is 7.85 Å². The Morgan fingerprint density at radius 2 is 1.88 bits per heavy atom. The van der Waals surface area contributed by atoms with Crippen molar-refractivity contribution in [1.29, 1.82) is 0 Å². The Labute approximate surface area is 101 Å². The number of rotatable bonds is 4. The number of halogens is 1. The maximum absolute atomic E-state index is 12.7. The third kappa shape index (κ3) is 3.59. The van der Waals surface area contributed by atoms with Gasteiger partial charge in [-0.15, -0.1) is 0 Å². The summed E-state index contributed by atoms with van der Waals surface area (Å²) in [7, 11) is 1.93. The van der Waals surface area contributed by atoms with Gasteiger partial charge in [-0.25, -0.2) is 4.39 Å². The van der Waals surface area contributed by atoms with E-state index >= 15 is 0 Å². The van der Waals surface area contributed by atoms with Crippen LogP contribution in [-0.2, 0) is 6.42 Å². The largest absolute Gasteiger partial charge is 0.492 e. The number of hydrogen-bond acceptors (Lipinski definition) is 2. The van der Waals surface area contributed by atoms with Crippen molar-refractivity contribution in [2.24, 2.45) is 0 Å². The quantitative estimate of drug-likeness (QED) is 0.732. The van der Waals surface area contributed by atoms with Crippen LogP contribution in [0.25, 0.3) is 0 Å². The molecular formula is C13H13BFNO. The Morgan fingerprint density at radius 1 is 1.12 bits per heavy atom. The van der Waals surface area contributed by atoms with E-state index in [-0.39, 0.29) is 5.82 Å².